The molecule has 0 aliphatic heterocycles. The van der Waals surface area contributed by atoms with Gasteiger partial charge in [-0.15, -0.1) is 4.20 Å². The molecule has 0 aromatic rings. The van der Waals surface area contributed by atoms with E-state index in [1.165, 1.54) is 0 Å². The van der Waals surface area contributed by atoms with E-state index in [1.54, 1.807) is 19.1 Å². The molecule has 5 heteroatoms. The Balaban J connectivity index is 2.82. The molecule has 0 saturated heterocycles. The van der Waals surface area contributed by atoms with E-state index >= 15 is 0 Å². The maximum atomic E-state index is 12.8. The lowest BCUT2D eigenvalue weighted by Crippen LogP contribution is -2.32. The molecule has 1 aliphatic carbocycles. The molecule has 74 valence electrons. The van der Waals surface area contributed by atoms with Crippen LogP contribution in [0.15, 0.2) is 24.3 Å². The molecule has 0 saturated carbocycles. The first-order valence-electron chi connectivity index (χ1n) is 3.90. The Bertz CT molecular complexity index is 297. The number of halogens is 2. The van der Waals surface area contributed by atoms with Crippen molar-refractivity contribution in [3.8, 4) is 0 Å². The molecule has 0 amide bonds. The van der Waals surface area contributed by atoms with E-state index in [0.717, 1.165) is 0 Å². The molecule has 2 nitrogen and oxygen atoms in total. The maximum absolute atomic E-state index is 12.8. The lowest BCUT2D eigenvalue weighted by Gasteiger charge is -2.32. The fraction of sp³-hybridized carbons (Fsp3) is 0.500. The first kappa shape index (κ1) is 11.2. The first-order valence-corrected chi connectivity index (χ1v) is 7.43. The number of rotatable bonds is 2. The highest BCUT2D eigenvalue weighted by Gasteiger charge is 2.36. The van der Waals surface area contributed by atoms with Gasteiger partial charge in [0.1, 0.15) is 5.60 Å². The topological polar surface area (TPSA) is 26.3 Å². The second-order valence-electron chi connectivity index (χ2n) is 3.22. The lowest BCUT2D eigenvalue weighted by atomic mass is 9.87. The monoisotopic (exact) mass is 268 g/mol. The van der Waals surface area contributed by atoms with E-state index in [1.807, 2.05) is 19.1 Å². The van der Waals surface area contributed by atoms with Gasteiger partial charge in [0.2, 0.25) is 0 Å². The number of allylic oxidation sites excluding steroid dienone is 2. The molecule has 0 N–H and O–H groups in total. The SMILES string of the molecule is CC1C=CC=CC1(C)OP(=O)(F)Br. The predicted octanol–water partition coefficient (Wildman–Crippen LogP) is 4.00. The molecule has 0 aromatic heterocycles. The average Bonchev–Trinajstić information content (AvgIpc) is 1.92. The Morgan fingerprint density at radius 2 is 2.23 bits per heavy atom. The van der Waals surface area contributed by atoms with Crippen LogP contribution in [0, 0.1) is 5.92 Å². The van der Waals surface area contributed by atoms with Crippen LogP contribution < -0.4 is 0 Å². The smallest absolute Gasteiger partial charge is 0.286 e. The van der Waals surface area contributed by atoms with Crippen molar-refractivity contribution in [2.24, 2.45) is 5.92 Å². The van der Waals surface area contributed by atoms with Crippen LogP contribution in [0.2, 0.25) is 0 Å². The molecule has 1 aliphatic rings. The molecule has 0 aromatic carbocycles. The number of hydrogen-bond donors (Lipinski definition) is 0. The van der Waals surface area contributed by atoms with Gasteiger partial charge in [0, 0.05) is 5.92 Å². The zero-order chi connectivity index (χ0) is 10.1. The van der Waals surface area contributed by atoms with Crippen molar-refractivity contribution in [1.29, 1.82) is 0 Å². The van der Waals surface area contributed by atoms with Crippen molar-refractivity contribution in [2.75, 3.05) is 0 Å². The minimum absolute atomic E-state index is 0.000810. The highest BCUT2D eigenvalue weighted by Crippen LogP contribution is 2.60. The third-order valence-corrected chi connectivity index (χ3v) is 3.19. The summed E-state index contributed by atoms with van der Waals surface area (Å²) in [6.45, 7) is 3.58. The Morgan fingerprint density at radius 3 is 2.69 bits per heavy atom. The first-order chi connectivity index (χ1) is 5.83. The van der Waals surface area contributed by atoms with Gasteiger partial charge in [-0.3, -0.25) is 4.52 Å². The average molecular weight is 269 g/mol. The number of hydrogen-bond acceptors (Lipinski definition) is 2. The van der Waals surface area contributed by atoms with Crippen LogP contribution in [0.5, 0.6) is 0 Å². The molecule has 0 spiro atoms. The normalized spacial score (nSPS) is 37.4. The van der Waals surface area contributed by atoms with Gasteiger partial charge >= 0.3 is 6.38 Å². The van der Waals surface area contributed by atoms with Crippen molar-refractivity contribution in [1.82, 2.24) is 0 Å². The summed E-state index contributed by atoms with van der Waals surface area (Å²) in [5.41, 5.74) is -0.831. The summed E-state index contributed by atoms with van der Waals surface area (Å²) in [5, 5.41) is 0. The van der Waals surface area contributed by atoms with Crippen LogP contribution in [-0.2, 0) is 9.09 Å². The van der Waals surface area contributed by atoms with Crippen molar-refractivity contribution >= 4 is 21.9 Å². The van der Waals surface area contributed by atoms with Gasteiger partial charge in [0.15, 0.2) is 0 Å². The van der Waals surface area contributed by atoms with E-state index in [4.69, 9.17) is 4.52 Å². The van der Waals surface area contributed by atoms with E-state index < -0.39 is 12.0 Å². The highest BCUT2D eigenvalue weighted by molar-refractivity contribution is 9.39. The fourth-order valence-corrected chi connectivity index (χ4v) is 2.78. The van der Waals surface area contributed by atoms with Gasteiger partial charge in [-0.05, 0) is 6.92 Å². The molecule has 13 heavy (non-hydrogen) atoms. The van der Waals surface area contributed by atoms with Crippen molar-refractivity contribution < 1.29 is 13.3 Å². The van der Waals surface area contributed by atoms with Crippen molar-refractivity contribution in [2.45, 2.75) is 19.4 Å². The largest absolute Gasteiger partial charge is 0.433 e. The Kier molecular flexibility index (Phi) is 3.16. The lowest BCUT2D eigenvalue weighted by molar-refractivity contribution is 0.101. The van der Waals surface area contributed by atoms with E-state index in [2.05, 4.69) is 15.5 Å². The van der Waals surface area contributed by atoms with Crippen LogP contribution in [0.1, 0.15) is 13.8 Å². The minimum Gasteiger partial charge on any atom is -0.286 e. The third-order valence-electron chi connectivity index (χ3n) is 2.15. The summed E-state index contributed by atoms with van der Waals surface area (Å²) in [6.07, 6.45) is 3.07. The summed E-state index contributed by atoms with van der Waals surface area (Å²) < 4.78 is 28.4. The van der Waals surface area contributed by atoms with Crippen molar-refractivity contribution in [3.05, 3.63) is 24.3 Å². The Morgan fingerprint density at radius 1 is 1.62 bits per heavy atom. The van der Waals surface area contributed by atoms with Gasteiger partial charge in [0.25, 0.3) is 0 Å². The quantitative estimate of drug-likeness (QED) is 0.708. The van der Waals surface area contributed by atoms with Crippen LogP contribution in [0.3, 0.4) is 0 Å². The molecule has 3 atom stereocenters. The minimum atomic E-state index is -4.11. The Hall–Kier alpha value is 0.0800. The molecule has 0 radical (unpaired) electrons. The summed E-state index contributed by atoms with van der Waals surface area (Å²) in [7, 11) is 0. The van der Waals surface area contributed by atoms with Gasteiger partial charge in [-0.25, -0.2) is 4.57 Å². The van der Waals surface area contributed by atoms with Gasteiger partial charge in [0.05, 0.1) is 15.5 Å². The molecular weight excluding hydrogens is 258 g/mol. The van der Waals surface area contributed by atoms with E-state index in [9.17, 15) is 8.76 Å². The van der Waals surface area contributed by atoms with E-state index in [-0.39, 0.29) is 5.92 Å². The van der Waals surface area contributed by atoms with Crippen molar-refractivity contribution in [3.63, 3.8) is 0 Å². The van der Waals surface area contributed by atoms with Gasteiger partial charge in [-0.1, -0.05) is 31.2 Å². The molecule has 3 unspecified atom stereocenters. The predicted molar refractivity (Wildman–Crippen MR) is 54.6 cm³/mol. The van der Waals surface area contributed by atoms with Crippen LogP contribution >= 0.6 is 21.9 Å². The highest BCUT2D eigenvalue weighted by atomic mass is 79.9. The standard InChI is InChI=1S/C8H11BrFO2P/c1-7-5-3-4-6-8(7,2)12-13(9,10)11/h3-7H,1-2H3. The molecular formula is C8H11BrFO2P. The zero-order valence-corrected chi connectivity index (χ0v) is 9.89. The second kappa shape index (κ2) is 3.68. The van der Waals surface area contributed by atoms with E-state index in [0.29, 0.717) is 0 Å². The maximum Gasteiger partial charge on any atom is 0.433 e. The second-order valence-corrected chi connectivity index (χ2v) is 6.78. The molecule has 1 rings (SSSR count). The summed E-state index contributed by atoms with van der Waals surface area (Å²) in [5.74, 6) is -0.000810. The third kappa shape index (κ3) is 3.04. The van der Waals surface area contributed by atoms with Gasteiger partial charge < -0.3 is 0 Å². The molecule has 0 bridgehead atoms. The zero-order valence-electron chi connectivity index (χ0n) is 7.41. The molecule has 0 heterocycles. The summed E-state index contributed by atoms with van der Waals surface area (Å²) in [4.78, 5) is 0. The summed E-state index contributed by atoms with van der Waals surface area (Å²) >= 11 is 2.39. The molecule has 0 fully saturated rings. The summed E-state index contributed by atoms with van der Waals surface area (Å²) in [6, 6.07) is 0. The van der Waals surface area contributed by atoms with Crippen LogP contribution in [0.4, 0.5) is 4.20 Å². The Labute approximate surface area is 85.2 Å². The van der Waals surface area contributed by atoms with Crippen LogP contribution in [-0.4, -0.2) is 5.60 Å². The fourth-order valence-electron chi connectivity index (χ4n) is 1.16. The van der Waals surface area contributed by atoms with Crippen LogP contribution in [0.25, 0.3) is 0 Å². The van der Waals surface area contributed by atoms with Gasteiger partial charge in [-0.2, -0.15) is 0 Å².